The molecule has 1 fully saturated rings. The Kier molecular flexibility index (Phi) is 3.00. The number of ether oxygens (including phenoxy) is 1. The van der Waals surface area contributed by atoms with Crippen molar-refractivity contribution in [3.05, 3.63) is 34.9 Å². The molecule has 2 atom stereocenters. The van der Waals surface area contributed by atoms with Crippen molar-refractivity contribution in [1.82, 2.24) is 4.90 Å². The Morgan fingerprint density at radius 1 is 1.53 bits per heavy atom. The number of hydrogen-bond donors (Lipinski definition) is 0. The third kappa shape index (κ3) is 1.91. The monoisotopic (exact) mass is 256 g/mol. The van der Waals surface area contributed by atoms with Crippen molar-refractivity contribution in [3.63, 3.8) is 0 Å². The summed E-state index contributed by atoms with van der Waals surface area (Å²) in [6, 6.07) is 7.49. The lowest BCUT2D eigenvalue weighted by Gasteiger charge is -2.23. The van der Waals surface area contributed by atoms with Crippen LogP contribution in [0.25, 0.3) is 0 Å². The summed E-state index contributed by atoms with van der Waals surface area (Å²) >= 11 is 0. The van der Waals surface area contributed by atoms with E-state index in [1.54, 1.807) is 4.90 Å². The molecule has 0 bridgehead atoms. The second-order valence-electron chi connectivity index (χ2n) is 5.16. The topological polar surface area (TPSA) is 53.3 Å². The van der Waals surface area contributed by atoms with Crippen LogP contribution in [0.4, 0.5) is 0 Å². The Hall–Kier alpha value is -1.86. The van der Waals surface area contributed by atoms with Crippen molar-refractivity contribution < 1.29 is 9.53 Å². The van der Waals surface area contributed by atoms with Crippen LogP contribution in [0.15, 0.2) is 18.2 Å². The summed E-state index contributed by atoms with van der Waals surface area (Å²) in [6.07, 6.45) is 2.09. The molecule has 4 heteroatoms. The van der Waals surface area contributed by atoms with E-state index in [1.165, 1.54) is 0 Å². The molecule has 0 aromatic heterocycles. The molecule has 1 aromatic rings. The fourth-order valence-electron chi connectivity index (χ4n) is 2.97. The zero-order chi connectivity index (χ0) is 13.4. The van der Waals surface area contributed by atoms with Gasteiger partial charge in [0.15, 0.2) is 0 Å². The quantitative estimate of drug-likeness (QED) is 0.815. The Morgan fingerprint density at radius 2 is 2.37 bits per heavy atom. The van der Waals surface area contributed by atoms with Crippen molar-refractivity contribution in [2.24, 2.45) is 0 Å². The molecule has 1 saturated heterocycles. The molecular formula is C15H16N2O2. The van der Waals surface area contributed by atoms with Crippen LogP contribution in [-0.2, 0) is 4.74 Å². The Morgan fingerprint density at radius 3 is 3.05 bits per heavy atom. The largest absolute Gasteiger partial charge is 0.376 e. The number of hydrogen-bond acceptors (Lipinski definition) is 3. The standard InChI is InChI=1S/C15H16N2O2/c1-10-4-2-6-12-13(8-16)17(15(18)14(10)12)9-11-5-3-7-19-11/h2,4,6,11,13H,3,5,7,9H2,1H3. The molecule has 0 spiro atoms. The fourth-order valence-corrected chi connectivity index (χ4v) is 2.97. The van der Waals surface area contributed by atoms with Gasteiger partial charge in [0, 0.05) is 24.3 Å². The maximum atomic E-state index is 12.5. The van der Waals surface area contributed by atoms with E-state index in [9.17, 15) is 10.1 Å². The van der Waals surface area contributed by atoms with E-state index in [2.05, 4.69) is 6.07 Å². The highest BCUT2D eigenvalue weighted by Gasteiger charge is 2.39. The highest BCUT2D eigenvalue weighted by molar-refractivity contribution is 6.01. The summed E-state index contributed by atoms with van der Waals surface area (Å²) in [4.78, 5) is 14.2. The maximum absolute atomic E-state index is 12.5. The molecule has 0 N–H and O–H groups in total. The van der Waals surface area contributed by atoms with Crippen molar-refractivity contribution in [3.8, 4) is 6.07 Å². The summed E-state index contributed by atoms with van der Waals surface area (Å²) in [5.74, 6) is -0.0323. The van der Waals surface area contributed by atoms with Crippen LogP contribution in [-0.4, -0.2) is 30.1 Å². The molecule has 2 aliphatic rings. The summed E-state index contributed by atoms with van der Waals surface area (Å²) in [5.41, 5.74) is 2.48. The molecular weight excluding hydrogens is 240 g/mol. The molecule has 98 valence electrons. The average molecular weight is 256 g/mol. The number of amides is 1. The maximum Gasteiger partial charge on any atom is 0.255 e. The van der Waals surface area contributed by atoms with Crippen molar-refractivity contribution >= 4 is 5.91 Å². The molecule has 2 heterocycles. The molecule has 1 aromatic carbocycles. The minimum Gasteiger partial charge on any atom is -0.376 e. The van der Waals surface area contributed by atoms with Gasteiger partial charge in [-0.2, -0.15) is 5.26 Å². The van der Waals surface area contributed by atoms with E-state index < -0.39 is 6.04 Å². The summed E-state index contributed by atoms with van der Waals surface area (Å²) in [7, 11) is 0. The zero-order valence-corrected chi connectivity index (χ0v) is 10.9. The lowest BCUT2D eigenvalue weighted by Crippen LogP contribution is -2.35. The lowest BCUT2D eigenvalue weighted by molar-refractivity contribution is 0.0511. The van der Waals surface area contributed by atoms with Gasteiger partial charge in [0.05, 0.1) is 12.2 Å². The molecule has 2 aliphatic heterocycles. The first-order chi connectivity index (χ1) is 9.22. The van der Waals surface area contributed by atoms with Gasteiger partial charge in [-0.25, -0.2) is 0 Å². The lowest BCUT2D eigenvalue weighted by atomic mass is 10.0. The van der Waals surface area contributed by atoms with Crippen LogP contribution in [0, 0.1) is 18.3 Å². The average Bonchev–Trinajstić information content (AvgIpc) is 2.99. The molecule has 4 nitrogen and oxygen atoms in total. The van der Waals surface area contributed by atoms with Gasteiger partial charge < -0.3 is 9.64 Å². The van der Waals surface area contributed by atoms with E-state index in [0.717, 1.165) is 30.6 Å². The van der Waals surface area contributed by atoms with Gasteiger partial charge >= 0.3 is 0 Å². The summed E-state index contributed by atoms with van der Waals surface area (Å²) < 4.78 is 5.58. The summed E-state index contributed by atoms with van der Waals surface area (Å²) in [6.45, 7) is 3.20. The summed E-state index contributed by atoms with van der Waals surface area (Å²) in [5, 5.41) is 9.38. The SMILES string of the molecule is Cc1cccc2c1C(=O)N(CC1CCCO1)C2C#N. The molecule has 0 aliphatic carbocycles. The number of fused-ring (bicyclic) bond motifs is 1. The first-order valence-electron chi connectivity index (χ1n) is 6.64. The van der Waals surface area contributed by atoms with Gasteiger partial charge in [-0.3, -0.25) is 4.79 Å². The Bertz CT molecular complexity index is 556. The molecule has 0 radical (unpaired) electrons. The van der Waals surface area contributed by atoms with Crippen LogP contribution >= 0.6 is 0 Å². The third-order valence-corrected chi connectivity index (χ3v) is 3.93. The minimum absolute atomic E-state index is 0.0323. The number of nitrogens with zero attached hydrogens (tertiary/aromatic N) is 2. The molecule has 19 heavy (non-hydrogen) atoms. The zero-order valence-electron chi connectivity index (χ0n) is 10.9. The fraction of sp³-hybridized carbons (Fsp3) is 0.467. The Balaban J connectivity index is 1.93. The van der Waals surface area contributed by atoms with Crippen LogP contribution in [0.3, 0.4) is 0 Å². The van der Waals surface area contributed by atoms with Gasteiger partial charge in [-0.1, -0.05) is 18.2 Å². The number of aryl methyl sites for hydroxylation is 1. The van der Waals surface area contributed by atoms with Crippen LogP contribution < -0.4 is 0 Å². The molecule has 2 unspecified atom stereocenters. The smallest absolute Gasteiger partial charge is 0.255 e. The van der Waals surface area contributed by atoms with Gasteiger partial charge in [0.1, 0.15) is 6.04 Å². The number of carbonyl (C=O) groups excluding carboxylic acids is 1. The second-order valence-corrected chi connectivity index (χ2v) is 5.16. The predicted octanol–water partition coefficient (Wildman–Crippen LogP) is 2.19. The highest BCUT2D eigenvalue weighted by atomic mass is 16.5. The van der Waals surface area contributed by atoms with Gasteiger partial charge in [0.2, 0.25) is 0 Å². The van der Waals surface area contributed by atoms with E-state index >= 15 is 0 Å². The molecule has 0 saturated carbocycles. The van der Waals surface area contributed by atoms with E-state index in [0.29, 0.717) is 12.1 Å². The number of rotatable bonds is 2. The van der Waals surface area contributed by atoms with Crippen molar-refractivity contribution in [2.45, 2.75) is 31.9 Å². The van der Waals surface area contributed by atoms with E-state index in [1.807, 2.05) is 25.1 Å². The van der Waals surface area contributed by atoms with Crippen molar-refractivity contribution in [2.75, 3.05) is 13.2 Å². The minimum atomic E-state index is -0.466. The third-order valence-electron chi connectivity index (χ3n) is 3.93. The predicted molar refractivity (Wildman–Crippen MR) is 69.5 cm³/mol. The van der Waals surface area contributed by atoms with Crippen molar-refractivity contribution in [1.29, 1.82) is 5.26 Å². The first kappa shape index (κ1) is 12.2. The van der Waals surface area contributed by atoms with Gasteiger partial charge in [-0.15, -0.1) is 0 Å². The normalized spacial score (nSPS) is 25.5. The van der Waals surface area contributed by atoms with E-state index in [4.69, 9.17) is 4.74 Å². The number of nitriles is 1. The highest BCUT2D eigenvalue weighted by Crippen LogP contribution is 2.35. The van der Waals surface area contributed by atoms with Crippen LogP contribution in [0.1, 0.15) is 40.4 Å². The number of benzene rings is 1. The number of carbonyl (C=O) groups is 1. The van der Waals surface area contributed by atoms with E-state index in [-0.39, 0.29) is 12.0 Å². The van der Waals surface area contributed by atoms with Gasteiger partial charge in [-0.05, 0) is 25.3 Å². The Labute approximate surface area is 112 Å². The second kappa shape index (κ2) is 4.67. The van der Waals surface area contributed by atoms with Crippen LogP contribution in [0.5, 0.6) is 0 Å². The van der Waals surface area contributed by atoms with Crippen LogP contribution in [0.2, 0.25) is 0 Å². The molecule has 3 rings (SSSR count). The first-order valence-corrected chi connectivity index (χ1v) is 6.64. The van der Waals surface area contributed by atoms with Gasteiger partial charge in [0.25, 0.3) is 5.91 Å². The molecule has 1 amide bonds.